The van der Waals surface area contributed by atoms with E-state index >= 15 is 0 Å². The lowest BCUT2D eigenvalue weighted by Crippen LogP contribution is -2.07. The van der Waals surface area contributed by atoms with Crippen molar-refractivity contribution in [3.05, 3.63) is 52.5 Å². The van der Waals surface area contributed by atoms with Gasteiger partial charge < -0.3 is 20.3 Å². The van der Waals surface area contributed by atoms with E-state index in [4.69, 9.17) is 26.8 Å². The van der Waals surface area contributed by atoms with Crippen LogP contribution in [-0.4, -0.2) is 18.2 Å². The number of halogens is 1. The molecule has 0 amide bonds. The Labute approximate surface area is 126 Å². The second kappa shape index (κ2) is 6.37. The predicted octanol–water partition coefficient (Wildman–Crippen LogP) is 3.21. The van der Waals surface area contributed by atoms with Gasteiger partial charge in [-0.3, -0.25) is 0 Å². The molecule has 0 fully saturated rings. The molecule has 2 aromatic carbocycles. The summed E-state index contributed by atoms with van der Waals surface area (Å²) in [5.41, 5.74) is 6.47. The van der Waals surface area contributed by atoms with E-state index in [-0.39, 0.29) is 23.6 Å². The number of benzene rings is 2. The lowest BCUT2D eigenvalue weighted by molar-refractivity contribution is 0.0693. The van der Waals surface area contributed by atoms with Crippen LogP contribution in [0.25, 0.3) is 0 Å². The van der Waals surface area contributed by atoms with Gasteiger partial charge in [-0.15, -0.1) is 0 Å². The fourth-order valence-electron chi connectivity index (χ4n) is 1.91. The topological polar surface area (TPSA) is 81.8 Å². The first kappa shape index (κ1) is 15.0. The molecule has 0 heterocycles. The molecular weight excluding hydrogens is 294 g/mol. The molecule has 0 aliphatic rings. The van der Waals surface area contributed by atoms with E-state index in [1.165, 1.54) is 13.2 Å². The van der Waals surface area contributed by atoms with Gasteiger partial charge in [-0.2, -0.15) is 0 Å². The van der Waals surface area contributed by atoms with E-state index in [0.29, 0.717) is 16.3 Å². The quantitative estimate of drug-likeness (QED) is 0.829. The molecule has 2 rings (SSSR count). The van der Waals surface area contributed by atoms with Gasteiger partial charge in [-0.05, 0) is 30.3 Å². The lowest BCUT2D eigenvalue weighted by Gasteiger charge is -2.13. The van der Waals surface area contributed by atoms with Gasteiger partial charge in [0, 0.05) is 16.3 Å². The first-order valence-corrected chi connectivity index (χ1v) is 6.47. The number of hydrogen-bond acceptors (Lipinski definition) is 4. The Hall–Kier alpha value is -2.40. The molecule has 0 aliphatic carbocycles. The highest BCUT2D eigenvalue weighted by molar-refractivity contribution is 6.30. The van der Waals surface area contributed by atoms with Crippen LogP contribution in [-0.2, 0) is 6.61 Å². The predicted molar refractivity (Wildman–Crippen MR) is 80.1 cm³/mol. The molecule has 2 aromatic rings. The molecule has 0 bridgehead atoms. The number of carbonyl (C=O) groups is 1. The number of methoxy groups -OCH3 is 1. The number of anilines is 1. The van der Waals surface area contributed by atoms with Gasteiger partial charge in [0.15, 0.2) is 0 Å². The van der Waals surface area contributed by atoms with Crippen LogP contribution in [0.4, 0.5) is 5.69 Å². The molecule has 0 spiro atoms. The summed E-state index contributed by atoms with van der Waals surface area (Å²) in [5.74, 6) is -0.328. The Morgan fingerprint density at radius 2 is 2.05 bits per heavy atom. The molecule has 6 heteroatoms. The van der Waals surface area contributed by atoms with Gasteiger partial charge >= 0.3 is 5.97 Å². The Balaban J connectivity index is 2.27. The summed E-state index contributed by atoms with van der Waals surface area (Å²) in [4.78, 5) is 11.2. The molecular formula is C15H14ClNO4. The highest BCUT2D eigenvalue weighted by Crippen LogP contribution is 2.28. The van der Waals surface area contributed by atoms with Crippen molar-refractivity contribution in [2.24, 2.45) is 0 Å². The summed E-state index contributed by atoms with van der Waals surface area (Å²) in [7, 11) is 1.54. The second-order valence-corrected chi connectivity index (χ2v) is 4.71. The van der Waals surface area contributed by atoms with Gasteiger partial charge in [0.25, 0.3) is 0 Å². The highest BCUT2D eigenvalue weighted by Gasteiger charge is 2.15. The molecule has 0 aromatic heterocycles. The molecule has 110 valence electrons. The number of nitrogen functional groups attached to an aromatic ring is 1. The summed E-state index contributed by atoms with van der Waals surface area (Å²) < 4.78 is 10.8. The molecule has 0 unspecified atom stereocenters. The normalized spacial score (nSPS) is 10.2. The van der Waals surface area contributed by atoms with Gasteiger partial charge in [0.2, 0.25) is 0 Å². The average molecular weight is 308 g/mol. The van der Waals surface area contributed by atoms with E-state index in [1.807, 2.05) is 0 Å². The molecule has 0 atom stereocenters. The Bertz CT molecular complexity index is 673. The van der Waals surface area contributed by atoms with Crippen molar-refractivity contribution >= 4 is 23.3 Å². The molecule has 3 N–H and O–H groups in total. The summed E-state index contributed by atoms with van der Waals surface area (Å²) in [6, 6.07) is 9.82. The molecule has 5 nitrogen and oxygen atoms in total. The van der Waals surface area contributed by atoms with E-state index in [0.717, 1.165) is 0 Å². The summed E-state index contributed by atoms with van der Waals surface area (Å²) in [6.45, 7) is 0.119. The second-order valence-electron chi connectivity index (χ2n) is 4.27. The molecule has 0 radical (unpaired) electrons. The zero-order valence-electron chi connectivity index (χ0n) is 11.3. The van der Waals surface area contributed by atoms with E-state index < -0.39 is 5.97 Å². The number of nitrogens with two attached hydrogens (primary N) is 1. The zero-order chi connectivity index (χ0) is 15.4. The largest absolute Gasteiger partial charge is 0.496 e. The van der Waals surface area contributed by atoms with Crippen molar-refractivity contribution in [2.45, 2.75) is 6.61 Å². The fourth-order valence-corrected chi connectivity index (χ4v) is 2.11. The van der Waals surface area contributed by atoms with Gasteiger partial charge in [0.1, 0.15) is 23.7 Å². The highest BCUT2D eigenvalue weighted by atomic mass is 35.5. The SMILES string of the molecule is COc1ccc(Cl)cc1COc1cccc(N)c1C(=O)O. The third kappa shape index (κ3) is 3.38. The molecule has 0 saturated heterocycles. The van der Waals surface area contributed by atoms with Crippen LogP contribution >= 0.6 is 11.6 Å². The molecule has 0 aliphatic heterocycles. The van der Waals surface area contributed by atoms with Gasteiger partial charge in [0.05, 0.1) is 7.11 Å². The lowest BCUT2D eigenvalue weighted by atomic mass is 10.1. The van der Waals surface area contributed by atoms with Crippen LogP contribution in [0.2, 0.25) is 5.02 Å². The maximum absolute atomic E-state index is 11.2. The van der Waals surface area contributed by atoms with Crippen LogP contribution < -0.4 is 15.2 Å². The van der Waals surface area contributed by atoms with Crippen LogP contribution in [0.15, 0.2) is 36.4 Å². The maximum atomic E-state index is 11.2. The minimum absolute atomic E-state index is 0.0569. The number of ether oxygens (including phenoxy) is 2. The van der Waals surface area contributed by atoms with Gasteiger partial charge in [-0.25, -0.2) is 4.79 Å². The third-order valence-corrected chi connectivity index (χ3v) is 3.13. The number of rotatable bonds is 5. The van der Waals surface area contributed by atoms with Crippen molar-refractivity contribution in [1.29, 1.82) is 0 Å². The van der Waals surface area contributed by atoms with E-state index in [2.05, 4.69) is 0 Å². The standard InChI is InChI=1S/C15H14ClNO4/c1-20-12-6-5-10(16)7-9(12)8-21-13-4-2-3-11(17)14(13)15(18)19/h2-7H,8,17H2,1H3,(H,18,19). The Kier molecular flexibility index (Phi) is 4.55. The van der Waals surface area contributed by atoms with Gasteiger partial charge in [-0.1, -0.05) is 17.7 Å². The van der Waals surface area contributed by atoms with E-state index in [9.17, 15) is 9.90 Å². The number of carboxylic acids is 1. The van der Waals surface area contributed by atoms with E-state index in [1.54, 1.807) is 30.3 Å². The number of hydrogen-bond donors (Lipinski definition) is 2. The minimum atomic E-state index is -1.14. The molecule has 21 heavy (non-hydrogen) atoms. The summed E-state index contributed by atoms with van der Waals surface area (Å²) >= 11 is 5.94. The third-order valence-electron chi connectivity index (χ3n) is 2.90. The van der Waals surface area contributed by atoms with Crippen molar-refractivity contribution in [2.75, 3.05) is 12.8 Å². The maximum Gasteiger partial charge on any atom is 0.341 e. The molecule has 0 saturated carbocycles. The summed E-state index contributed by atoms with van der Waals surface area (Å²) in [5, 5.41) is 9.72. The minimum Gasteiger partial charge on any atom is -0.496 e. The van der Waals surface area contributed by atoms with Crippen LogP contribution in [0, 0.1) is 0 Å². The van der Waals surface area contributed by atoms with Crippen LogP contribution in [0.1, 0.15) is 15.9 Å². The first-order chi connectivity index (χ1) is 10.0. The summed E-state index contributed by atoms with van der Waals surface area (Å²) in [6.07, 6.45) is 0. The van der Waals surface area contributed by atoms with Crippen molar-refractivity contribution in [1.82, 2.24) is 0 Å². The van der Waals surface area contributed by atoms with Crippen LogP contribution in [0.5, 0.6) is 11.5 Å². The van der Waals surface area contributed by atoms with Crippen molar-refractivity contribution in [3.63, 3.8) is 0 Å². The zero-order valence-corrected chi connectivity index (χ0v) is 12.1. The van der Waals surface area contributed by atoms with Crippen LogP contribution in [0.3, 0.4) is 0 Å². The first-order valence-electron chi connectivity index (χ1n) is 6.10. The Morgan fingerprint density at radius 1 is 1.29 bits per heavy atom. The van der Waals surface area contributed by atoms with Crippen molar-refractivity contribution < 1.29 is 19.4 Å². The fraction of sp³-hybridized carbons (Fsp3) is 0.133. The number of aromatic carboxylic acids is 1. The average Bonchev–Trinajstić information content (AvgIpc) is 2.44. The smallest absolute Gasteiger partial charge is 0.341 e. The van der Waals surface area contributed by atoms with Crippen molar-refractivity contribution in [3.8, 4) is 11.5 Å². The Morgan fingerprint density at radius 3 is 2.71 bits per heavy atom. The monoisotopic (exact) mass is 307 g/mol. The number of carboxylic acid groups (broad SMARTS) is 1.